The lowest BCUT2D eigenvalue weighted by molar-refractivity contribution is -0.118. The first-order chi connectivity index (χ1) is 14.5. The lowest BCUT2D eigenvalue weighted by Gasteiger charge is -2.16. The molecule has 30 heavy (non-hydrogen) atoms. The summed E-state index contributed by atoms with van der Waals surface area (Å²) in [4.78, 5) is 12.2. The number of carbonyl (C=O) groups is 1. The first-order valence-corrected chi connectivity index (χ1v) is 10.2. The minimum absolute atomic E-state index is 0.171. The van der Waals surface area contributed by atoms with Gasteiger partial charge in [-0.1, -0.05) is 47.5 Å². The number of anilines is 2. The fourth-order valence-corrected chi connectivity index (χ4v) is 3.15. The summed E-state index contributed by atoms with van der Waals surface area (Å²) in [5.74, 6) is 0.603. The Labute approximate surface area is 182 Å². The van der Waals surface area contributed by atoms with E-state index in [4.69, 9.17) is 21.1 Å². The van der Waals surface area contributed by atoms with Gasteiger partial charge in [-0.15, -0.1) is 0 Å². The van der Waals surface area contributed by atoms with Gasteiger partial charge in [-0.2, -0.15) is 0 Å². The molecule has 6 heteroatoms. The molecule has 3 aromatic carbocycles. The molecule has 156 valence electrons. The maximum absolute atomic E-state index is 12.2. The maximum Gasteiger partial charge on any atom is 0.262 e. The van der Waals surface area contributed by atoms with Crippen LogP contribution in [0.2, 0.25) is 5.02 Å². The highest BCUT2D eigenvalue weighted by atomic mass is 35.5. The van der Waals surface area contributed by atoms with Gasteiger partial charge in [0, 0.05) is 17.9 Å². The Kier molecular flexibility index (Phi) is 7.57. The van der Waals surface area contributed by atoms with Gasteiger partial charge < -0.3 is 20.1 Å². The van der Waals surface area contributed by atoms with Crippen LogP contribution in [0.4, 0.5) is 11.4 Å². The molecule has 1 amide bonds. The number of carbonyl (C=O) groups excluding carboxylic acids is 1. The van der Waals surface area contributed by atoms with Crippen LogP contribution in [-0.4, -0.2) is 19.1 Å². The Hall–Kier alpha value is -3.18. The van der Waals surface area contributed by atoms with E-state index in [0.29, 0.717) is 35.4 Å². The summed E-state index contributed by atoms with van der Waals surface area (Å²) in [6.07, 6.45) is 0. The number of hydrogen-bond donors (Lipinski definition) is 2. The van der Waals surface area contributed by atoms with Crippen LogP contribution >= 0.6 is 11.6 Å². The van der Waals surface area contributed by atoms with Crippen molar-refractivity contribution in [3.63, 3.8) is 0 Å². The van der Waals surface area contributed by atoms with Crippen molar-refractivity contribution >= 4 is 28.9 Å². The van der Waals surface area contributed by atoms with Crippen LogP contribution in [0.5, 0.6) is 11.5 Å². The molecule has 0 aliphatic rings. The molecule has 5 nitrogen and oxygen atoms in total. The van der Waals surface area contributed by atoms with Crippen molar-refractivity contribution in [1.82, 2.24) is 0 Å². The summed E-state index contributed by atoms with van der Waals surface area (Å²) in [5.41, 5.74) is 3.80. The Balaban J connectivity index is 1.65. The van der Waals surface area contributed by atoms with Gasteiger partial charge in [0.2, 0.25) is 0 Å². The van der Waals surface area contributed by atoms with E-state index in [2.05, 4.69) is 10.6 Å². The zero-order valence-electron chi connectivity index (χ0n) is 17.1. The SMILES string of the molecule is CCOc1cc(CNc2ccccc2)cc(Cl)c1OCC(=O)Nc1ccc(C)cc1. The Morgan fingerprint density at radius 1 is 0.967 bits per heavy atom. The molecule has 0 saturated heterocycles. The summed E-state index contributed by atoms with van der Waals surface area (Å²) in [6.45, 7) is 4.74. The number of aryl methyl sites for hydroxylation is 1. The molecule has 0 fully saturated rings. The third-order valence-electron chi connectivity index (χ3n) is 4.32. The van der Waals surface area contributed by atoms with E-state index in [-0.39, 0.29) is 12.5 Å². The van der Waals surface area contributed by atoms with Gasteiger partial charge in [0.1, 0.15) is 0 Å². The Morgan fingerprint density at radius 3 is 2.40 bits per heavy atom. The van der Waals surface area contributed by atoms with Crippen LogP contribution in [0.3, 0.4) is 0 Å². The van der Waals surface area contributed by atoms with Crippen molar-refractivity contribution in [2.45, 2.75) is 20.4 Å². The molecule has 0 aromatic heterocycles. The summed E-state index contributed by atoms with van der Waals surface area (Å²) < 4.78 is 11.4. The largest absolute Gasteiger partial charge is 0.490 e. The quantitative estimate of drug-likeness (QED) is 0.464. The molecule has 0 aliphatic carbocycles. The first kappa shape index (κ1) is 21.5. The molecule has 0 atom stereocenters. The lowest BCUT2D eigenvalue weighted by Crippen LogP contribution is -2.20. The van der Waals surface area contributed by atoms with Gasteiger partial charge in [0.15, 0.2) is 18.1 Å². The number of rotatable bonds is 9. The molecule has 3 rings (SSSR count). The number of para-hydroxylation sites is 1. The topological polar surface area (TPSA) is 59.6 Å². The molecule has 0 heterocycles. The predicted molar refractivity (Wildman–Crippen MR) is 122 cm³/mol. The van der Waals surface area contributed by atoms with Crippen LogP contribution in [-0.2, 0) is 11.3 Å². The van der Waals surface area contributed by atoms with Gasteiger partial charge in [0.05, 0.1) is 11.6 Å². The second-order valence-corrected chi connectivity index (χ2v) is 7.17. The molecule has 2 N–H and O–H groups in total. The standard InChI is InChI=1S/C24H25ClN2O3/c1-3-29-22-14-18(15-26-19-7-5-4-6-8-19)13-21(25)24(22)30-16-23(28)27-20-11-9-17(2)10-12-20/h4-14,26H,3,15-16H2,1-2H3,(H,27,28). The van der Waals surface area contributed by atoms with Gasteiger partial charge in [0.25, 0.3) is 5.91 Å². The van der Waals surface area contributed by atoms with Crippen molar-refractivity contribution in [3.8, 4) is 11.5 Å². The van der Waals surface area contributed by atoms with Crippen LogP contribution < -0.4 is 20.1 Å². The average molecular weight is 425 g/mol. The number of ether oxygens (including phenoxy) is 2. The maximum atomic E-state index is 12.2. The lowest BCUT2D eigenvalue weighted by atomic mass is 10.2. The fourth-order valence-electron chi connectivity index (χ4n) is 2.86. The molecule has 0 bridgehead atoms. The molecule has 0 radical (unpaired) electrons. The van der Waals surface area contributed by atoms with E-state index in [1.807, 2.05) is 80.6 Å². The molecule has 0 unspecified atom stereocenters. The van der Waals surface area contributed by atoms with E-state index in [0.717, 1.165) is 16.8 Å². The molecule has 3 aromatic rings. The Morgan fingerprint density at radius 2 is 1.70 bits per heavy atom. The third-order valence-corrected chi connectivity index (χ3v) is 4.60. The number of benzene rings is 3. The van der Waals surface area contributed by atoms with Crippen LogP contribution in [0.1, 0.15) is 18.1 Å². The van der Waals surface area contributed by atoms with Crippen molar-refractivity contribution < 1.29 is 14.3 Å². The van der Waals surface area contributed by atoms with E-state index in [1.165, 1.54) is 0 Å². The van der Waals surface area contributed by atoms with Gasteiger partial charge >= 0.3 is 0 Å². The van der Waals surface area contributed by atoms with Gasteiger partial charge in [-0.05, 0) is 55.8 Å². The molecular formula is C24H25ClN2O3. The number of hydrogen-bond acceptors (Lipinski definition) is 4. The second kappa shape index (κ2) is 10.6. The summed E-state index contributed by atoms with van der Waals surface area (Å²) in [6, 6.07) is 21.2. The highest BCUT2D eigenvalue weighted by Crippen LogP contribution is 2.37. The summed E-state index contributed by atoms with van der Waals surface area (Å²) in [5, 5.41) is 6.54. The van der Waals surface area contributed by atoms with Gasteiger partial charge in [-0.25, -0.2) is 0 Å². The van der Waals surface area contributed by atoms with Crippen molar-refractivity contribution in [2.75, 3.05) is 23.8 Å². The highest BCUT2D eigenvalue weighted by molar-refractivity contribution is 6.32. The molecular weight excluding hydrogens is 400 g/mol. The summed E-state index contributed by atoms with van der Waals surface area (Å²) >= 11 is 6.45. The number of halogens is 1. The smallest absolute Gasteiger partial charge is 0.262 e. The normalized spacial score (nSPS) is 10.4. The zero-order chi connectivity index (χ0) is 21.3. The van der Waals surface area contributed by atoms with E-state index in [1.54, 1.807) is 0 Å². The first-order valence-electron chi connectivity index (χ1n) is 9.78. The number of amides is 1. The fraction of sp³-hybridized carbons (Fsp3) is 0.208. The van der Waals surface area contributed by atoms with Crippen LogP contribution in [0.15, 0.2) is 66.7 Å². The molecule has 0 aliphatic heterocycles. The molecule has 0 saturated carbocycles. The van der Waals surface area contributed by atoms with E-state index >= 15 is 0 Å². The van der Waals surface area contributed by atoms with Crippen LogP contribution in [0.25, 0.3) is 0 Å². The van der Waals surface area contributed by atoms with Gasteiger partial charge in [-0.3, -0.25) is 4.79 Å². The highest BCUT2D eigenvalue weighted by Gasteiger charge is 2.14. The second-order valence-electron chi connectivity index (χ2n) is 6.76. The minimum atomic E-state index is -0.271. The zero-order valence-corrected chi connectivity index (χ0v) is 17.8. The van der Waals surface area contributed by atoms with Crippen molar-refractivity contribution in [2.24, 2.45) is 0 Å². The predicted octanol–water partition coefficient (Wildman–Crippen LogP) is 5.68. The van der Waals surface area contributed by atoms with Crippen LogP contribution in [0, 0.1) is 6.92 Å². The third kappa shape index (κ3) is 6.16. The Bertz CT molecular complexity index is 976. The van der Waals surface area contributed by atoms with E-state index in [9.17, 15) is 4.79 Å². The minimum Gasteiger partial charge on any atom is -0.490 e. The van der Waals surface area contributed by atoms with Crippen molar-refractivity contribution in [1.29, 1.82) is 0 Å². The average Bonchev–Trinajstić information content (AvgIpc) is 2.74. The van der Waals surface area contributed by atoms with E-state index < -0.39 is 0 Å². The summed E-state index contributed by atoms with van der Waals surface area (Å²) in [7, 11) is 0. The molecule has 0 spiro atoms. The van der Waals surface area contributed by atoms with Crippen molar-refractivity contribution in [3.05, 3.63) is 82.9 Å². The monoisotopic (exact) mass is 424 g/mol. The number of nitrogens with one attached hydrogen (secondary N) is 2.